The van der Waals surface area contributed by atoms with Crippen molar-refractivity contribution in [2.24, 2.45) is 0 Å². The van der Waals surface area contributed by atoms with Crippen LogP contribution < -0.4 is 0 Å². The van der Waals surface area contributed by atoms with E-state index in [1.54, 1.807) is 18.2 Å². The molecule has 1 aromatic carbocycles. The molecule has 4 heteroatoms. The second-order valence-corrected chi connectivity index (χ2v) is 6.51. The van der Waals surface area contributed by atoms with Gasteiger partial charge in [0.25, 0.3) is 5.91 Å². The number of hydrogen-bond acceptors (Lipinski definition) is 3. The van der Waals surface area contributed by atoms with E-state index >= 15 is 0 Å². The molecule has 0 atom stereocenters. The molecule has 1 saturated heterocycles. The van der Waals surface area contributed by atoms with Gasteiger partial charge in [0.05, 0.1) is 10.4 Å². The van der Waals surface area contributed by atoms with Gasteiger partial charge in [0.1, 0.15) is 0 Å². The molecule has 1 aromatic heterocycles. The summed E-state index contributed by atoms with van der Waals surface area (Å²) >= 11 is 1.41. The summed E-state index contributed by atoms with van der Waals surface area (Å²) in [7, 11) is 0. The van der Waals surface area contributed by atoms with E-state index in [9.17, 15) is 9.59 Å². The van der Waals surface area contributed by atoms with Crippen LogP contribution in [-0.4, -0.2) is 29.7 Å². The van der Waals surface area contributed by atoms with Crippen LogP contribution in [-0.2, 0) is 0 Å². The van der Waals surface area contributed by atoms with Crippen molar-refractivity contribution in [3.05, 3.63) is 57.8 Å². The van der Waals surface area contributed by atoms with Gasteiger partial charge in [0.2, 0.25) is 5.78 Å². The Bertz CT molecular complexity index is 655. The van der Waals surface area contributed by atoms with Crippen LogP contribution in [0.1, 0.15) is 51.3 Å². The van der Waals surface area contributed by atoms with Gasteiger partial charge in [-0.3, -0.25) is 9.59 Å². The van der Waals surface area contributed by atoms with Crippen molar-refractivity contribution in [3.8, 4) is 0 Å². The van der Waals surface area contributed by atoms with E-state index in [1.165, 1.54) is 24.2 Å². The molecule has 0 radical (unpaired) electrons. The van der Waals surface area contributed by atoms with Gasteiger partial charge in [-0.2, -0.15) is 0 Å². The van der Waals surface area contributed by atoms with E-state index in [4.69, 9.17) is 0 Å². The lowest BCUT2D eigenvalue weighted by atomic mass is 10.0. The zero-order valence-electron chi connectivity index (χ0n) is 12.5. The summed E-state index contributed by atoms with van der Waals surface area (Å²) in [6.07, 6.45) is 4.46. The summed E-state index contributed by atoms with van der Waals surface area (Å²) in [4.78, 5) is 28.0. The first-order chi connectivity index (χ1) is 10.8. The number of carbonyl (C=O) groups excluding carboxylic acids is 2. The molecular formula is C18H19NO2S. The van der Waals surface area contributed by atoms with Crippen LogP contribution in [0.4, 0.5) is 0 Å². The van der Waals surface area contributed by atoms with Crippen molar-refractivity contribution in [2.75, 3.05) is 13.1 Å². The van der Waals surface area contributed by atoms with E-state index < -0.39 is 0 Å². The molecule has 0 aliphatic carbocycles. The molecule has 1 aliphatic rings. The van der Waals surface area contributed by atoms with E-state index in [2.05, 4.69) is 0 Å². The molecule has 1 fully saturated rings. The lowest BCUT2D eigenvalue weighted by molar-refractivity contribution is 0.0757. The van der Waals surface area contributed by atoms with Gasteiger partial charge in [-0.1, -0.05) is 37.1 Å². The Hall–Kier alpha value is -1.94. The van der Waals surface area contributed by atoms with Gasteiger partial charge < -0.3 is 4.90 Å². The van der Waals surface area contributed by atoms with Crippen LogP contribution in [0.3, 0.4) is 0 Å². The lowest BCUT2D eigenvalue weighted by Gasteiger charge is -2.21. The first kappa shape index (κ1) is 15.0. The quantitative estimate of drug-likeness (QED) is 0.803. The fourth-order valence-corrected chi connectivity index (χ4v) is 3.53. The van der Waals surface area contributed by atoms with Gasteiger partial charge in [0.15, 0.2) is 0 Å². The summed E-state index contributed by atoms with van der Waals surface area (Å²) in [6.45, 7) is 1.58. The van der Waals surface area contributed by atoms with Crippen molar-refractivity contribution in [1.82, 2.24) is 4.90 Å². The fourth-order valence-electron chi connectivity index (χ4n) is 2.85. The third-order valence-corrected chi connectivity index (χ3v) is 4.91. The molecule has 2 heterocycles. The zero-order chi connectivity index (χ0) is 15.4. The minimum absolute atomic E-state index is 0.0117. The highest BCUT2D eigenvalue weighted by atomic mass is 32.1. The molecule has 3 rings (SSSR count). The third-order valence-electron chi connectivity index (χ3n) is 4.04. The highest BCUT2D eigenvalue weighted by Crippen LogP contribution is 2.21. The summed E-state index contributed by atoms with van der Waals surface area (Å²) < 4.78 is 0. The SMILES string of the molecule is O=C(c1cccs1)c1ccccc1C(=O)N1CCCCCC1. The molecule has 22 heavy (non-hydrogen) atoms. The van der Waals surface area contributed by atoms with Gasteiger partial charge in [-0.05, 0) is 30.4 Å². The largest absolute Gasteiger partial charge is 0.339 e. The first-order valence-corrected chi connectivity index (χ1v) is 8.62. The topological polar surface area (TPSA) is 37.4 Å². The van der Waals surface area contributed by atoms with Crippen molar-refractivity contribution in [3.63, 3.8) is 0 Å². The average Bonchev–Trinajstić information content (AvgIpc) is 2.96. The molecule has 1 amide bonds. The van der Waals surface area contributed by atoms with E-state index in [0.717, 1.165) is 25.9 Å². The normalized spacial score (nSPS) is 15.4. The maximum absolute atomic E-state index is 12.8. The number of ketones is 1. The van der Waals surface area contributed by atoms with Crippen LogP contribution >= 0.6 is 11.3 Å². The van der Waals surface area contributed by atoms with Crippen molar-refractivity contribution in [2.45, 2.75) is 25.7 Å². The van der Waals surface area contributed by atoms with Crippen LogP contribution in [0.5, 0.6) is 0 Å². The Balaban J connectivity index is 1.90. The highest BCUT2D eigenvalue weighted by Gasteiger charge is 2.23. The van der Waals surface area contributed by atoms with Crippen LogP contribution in [0.2, 0.25) is 0 Å². The molecule has 114 valence electrons. The number of thiophene rings is 1. The Morgan fingerprint density at radius 3 is 2.18 bits per heavy atom. The van der Waals surface area contributed by atoms with Crippen LogP contribution in [0, 0.1) is 0 Å². The Morgan fingerprint density at radius 2 is 1.55 bits per heavy atom. The number of nitrogens with zero attached hydrogens (tertiary/aromatic N) is 1. The third kappa shape index (κ3) is 3.12. The van der Waals surface area contributed by atoms with Crippen molar-refractivity contribution < 1.29 is 9.59 Å². The second-order valence-electron chi connectivity index (χ2n) is 5.56. The maximum atomic E-state index is 12.8. The summed E-state index contributed by atoms with van der Waals surface area (Å²) in [5, 5.41) is 1.88. The first-order valence-electron chi connectivity index (χ1n) is 7.74. The minimum Gasteiger partial charge on any atom is -0.339 e. The lowest BCUT2D eigenvalue weighted by Crippen LogP contribution is -2.32. The molecule has 0 spiro atoms. The fraction of sp³-hybridized carbons (Fsp3) is 0.333. The number of carbonyl (C=O) groups is 2. The summed E-state index contributed by atoms with van der Waals surface area (Å²) in [5.74, 6) is -0.0730. The smallest absolute Gasteiger partial charge is 0.254 e. The molecule has 0 bridgehead atoms. The van der Waals surface area contributed by atoms with Gasteiger partial charge in [-0.25, -0.2) is 0 Å². The van der Waals surface area contributed by atoms with E-state index in [-0.39, 0.29) is 11.7 Å². The monoisotopic (exact) mass is 313 g/mol. The predicted molar refractivity (Wildman–Crippen MR) is 88.6 cm³/mol. The number of benzene rings is 1. The molecule has 0 saturated carbocycles. The molecule has 1 aliphatic heterocycles. The average molecular weight is 313 g/mol. The van der Waals surface area contributed by atoms with Crippen molar-refractivity contribution >= 4 is 23.0 Å². The van der Waals surface area contributed by atoms with Crippen molar-refractivity contribution in [1.29, 1.82) is 0 Å². The maximum Gasteiger partial charge on any atom is 0.254 e. The highest BCUT2D eigenvalue weighted by molar-refractivity contribution is 7.12. The summed E-state index contributed by atoms with van der Waals surface area (Å²) in [5.41, 5.74) is 1.04. The number of amides is 1. The summed E-state index contributed by atoms with van der Waals surface area (Å²) in [6, 6.07) is 10.8. The second kappa shape index (κ2) is 6.88. The van der Waals surface area contributed by atoms with Gasteiger partial charge in [-0.15, -0.1) is 11.3 Å². The van der Waals surface area contributed by atoms with Crippen LogP contribution in [0.25, 0.3) is 0 Å². The molecule has 0 N–H and O–H groups in total. The Kier molecular flexibility index (Phi) is 4.68. The van der Waals surface area contributed by atoms with Gasteiger partial charge >= 0.3 is 0 Å². The molecule has 3 nitrogen and oxygen atoms in total. The zero-order valence-corrected chi connectivity index (χ0v) is 13.3. The Morgan fingerprint density at radius 1 is 0.864 bits per heavy atom. The molecule has 0 unspecified atom stereocenters. The molecule has 2 aromatic rings. The van der Waals surface area contributed by atoms with Crippen LogP contribution in [0.15, 0.2) is 41.8 Å². The van der Waals surface area contributed by atoms with E-state index in [1.807, 2.05) is 28.5 Å². The minimum atomic E-state index is -0.0613. The number of hydrogen-bond donors (Lipinski definition) is 0. The Labute approximate surface area is 134 Å². The van der Waals surface area contributed by atoms with E-state index in [0.29, 0.717) is 16.0 Å². The predicted octanol–water partition coefficient (Wildman–Crippen LogP) is 4.00. The number of likely N-dealkylation sites (tertiary alicyclic amines) is 1. The number of rotatable bonds is 3. The van der Waals surface area contributed by atoms with Gasteiger partial charge in [0, 0.05) is 18.7 Å². The molecular weight excluding hydrogens is 294 g/mol. The standard InChI is InChI=1S/C18H19NO2S/c20-17(16-10-7-13-22-16)14-8-3-4-9-15(14)18(21)19-11-5-1-2-6-12-19/h3-4,7-10,13H,1-2,5-6,11-12H2.